The van der Waals surface area contributed by atoms with Gasteiger partial charge in [-0.05, 0) is 43.6 Å². The molecule has 2 rings (SSSR count). The number of unbranched alkanes of at least 4 members (excludes halogenated alkanes) is 1. The molecule has 134 valence electrons. The van der Waals surface area contributed by atoms with Gasteiger partial charge in [-0.2, -0.15) is 0 Å². The third-order valence-corrected chi connectivity index (χ3v) is 5.31. The van der Waals surface area contributed by atoms with E-state index in [1.807, 2.05) is 0 Å². The van der Waals surface area contributed by atoms with Crippen LogP contribution in [0.4, 0.5) is 0 Å². The monoisotopic (exact) mass is 332 g/mol. The fourth-order valence-electron chi connectivity index (χ4n) is 3.66. The second-order valence-electron chi connectivity index (χ2n) is 7.16. The molecular formula is C20H32N2O2. The fraction of sp³-hybridized carbons (Fsp3) is 0.700. The summed E-state index contributed by atoms with van der Waals surface area (Å²) in [4.78, 5) is 10.6. The smallest absolute Gasteiger partial charge is 0.0575 e. The van der Waals surface area contributed by atoms with Gasteiger partial charge in [0.25, 0.3) is 0 Å². The zero-order valence-electron chi connectivity index (χ0n) is 15.1. The van der Waals surface area contributed by atoms with Crippen LogP contribution in [0, 0.1) is 10.8 Å². The van der Waals surface area contributed by atoms with Gasteiger partial charge in [0.15, 0.2) is 0 Å². The normalized spacial score (nSPS) is 23.4. The maximum Gasteiger partial charge on any atom is 0.0575 e. The number of benzene rings is 1. The van der Waals surface area contributed by atoms with Crippen molar-refractivity contribution >= 4 is 0 Å². The van der Waals surface area contributed by atoms with Gasteiger partial charge >= 0.3 is 0 Å². The van der Waals surface area contributed by atoms with Gasteiger partial charge < -0.3 is 4.74 Å². The third-order valence-electron chi connectivity index (χ3n) is 5.31. The summed E-state index contributed by atoms with van der Waals surface area (Å²) in [5.41, 5.74) is 4.19. The first kappa shape index (κ1) is 18.9. The second kappa shape index (κ2) is 10.4. The van der Waals surface area contributed by atoms with Crippen LogP contribution in [-0.2, 0) is 4.74 Å². The second-order valence-corrected chi connectivity index (χ2v) is 7.16. The van der Waals surface area contributed by atoms with Crippen molar-refractivity contribution in [2.75, 3.05) is 6.61 Å². The average Bonchev–Trinajstić information content (AvgIpc) is 2.64. The van der Waals surface area contributed by atoms with Gasteiger partial charge in [-0.3, -0.25) is 5.43 Å². The van der Waals surface area contributed by atoms with Crippen LogP contribution in [0.25, 0.3) is 0 Å². The van der Waals surface area contributed by atoms with Crippen molar-refractivity contribution < 1.29 is 4.74 Å². The number of nitrogens with zero attached hydrogens (tertiary/aromatic N) is 1. The first-order valence-corrected chi connectivity index (χ1v) is 9.49. The lowest BCUT2D eigenvalue weighted by atomic mass is 9.83. The van der Waals surface area contributed by atoms with Gasteiger partial charge in [-0.15, -0.1) is 4.91 Å². The van der Waals surface area contributed by atoms with Crippen LogP contribution in [-0.4, -0.2) is 18.8 Å². The van der Waals surface area contributed by atoms with Gasteiger partial charge in [-0.25, -0.2) is 0 Å². The van der Waals surface area contributed by atoms with Crippen LogP contribution in [0.1, 0.15) is 70.3 Å². The maximum atomic E-state index is 10.6. The largest absolute Gasteiger partial charge is 0.378 e. The minimum absolute atomic E-state index is 0.128. The van der Waals surface area contributed by atoms with Crippen molar-refractivity contribution in [2.45, 2.75) is 76.9 Å². The van der Waals surface area contributed by atoms with Crippen molar-refractivity contribution in [2.24, 2.45) is 11.2 Å². The Balaban J connectivity index is 1.72. The van der Waals surface area contributed by atoms with Crippen LogP contribution in [0.15, 0.2) is 35.6 Å². The molecule has 4 heteroatoms. The number of nitroso groups, excluding NO2 is 1. The number of hydrogen-bond acceptors (Lipinski definition) is 3. The van der Waals surface area contributed by atoms with Gasteiger partial charge in [-0.1, -0.05) is 57.0 Å². The third kappa shape index (κ3) is 5.90. The maximum absolute atomic E-state index is 10.6. The van der Waals surface area contributed by atoms with E-state index in [-0.39, 0.29) is 6.04 Å². The van der Waals surface area contributed by atoms with Crippen molar-refractivity contribution in [3.63, 3.8) is 0 Å². The topological polar surface area (TPSA) is 50.7 Å². The van der Waals surface area contributed by atoms with E-state index in [1.165, 1.54) is 18.4 Å². The molecule has 2 atom stereocenters. The predicted octanol–water partition coefficient (Wildman–Crippen LogP) is 5.20. The number of hydrogen-bond donors (Lipinski definition) is 1. The molecular weight excluding hydrogens is 300 g/mol. The number of rotatable bonds is 10. The van der Waals surface area contributed by atoms with Gasteiger partial charge in [0.05, 0.1) is 18.8 Å². The molecule has 0 saturated heterocycles. The van der Waals surface area contributed by atoms with Crippen LogP contribution < -0.4 is 5.43 Å². The summed E-state index contributed by atoms with van der Waals surface area (Å²) < 4.78 is 6.15. The van der Waals surface area contributed by atoms with E-state index in [1.54, 1.807) is 0 Å². The molecule has 0 amide bonds. The van der Waals surface area contributed by atoms with Crippen LogP contribution in [0.2, 0.25) is 0 Å². The van der Waals surface area contributed by atoms with Crippen molar-refractivity contribution in [1.82, 2.24) is 5.43 Å². The molecule has 1 N–H and O–H groups in total. The van der Waals surface area contributed by atoms with E-state index in [9.17, 15) is 4.91 Å². The van der Waals surface area contributed by atoms with Crippen molar-refractivity contribution in [3.8, 4) is 0 Å². The lowest BCUT2D eigenvalue weighted by Crippen LogP contribution is -2.35. The Morgan fingerprint density at radius 1 is 1.21 bits per heavy atom. The van der Waals surface area contributed by atoms with Crippen molar-refractivity contribution in [3.05, 3.63) is 40.8 Å². The molecule has 1 saturated carbocycles. The summed E-state index contributed by atoms with van der Waals surface area (Å²) in [6, 6.07) is 10.9. The van der Waals surface area contributed by atoms with Crippen LogP contribution in [0.3, 0.4) is 0 Å². The van der Waals surface area contributed by atoms with E-state index in [2.05, 4.69) is 54.9 Å². The molecule has 1 aliphatic carbocycles. The average molecular weight is 332 g/mol. The Morgan fingerprint density at radius 3 is 2.54 bits per heavy atom. The number of nitrogens with one attached hydrogen (secondary N) is 1. The molecule has 0 heterocycles. The molecule has 1 aromatic carbocycles. The quantitative estimate of drug-likeness (QED) is 0.473. The first-order valence-electron chi connectivity index (χ1n) is 9.49. The van der Waals surface area contributed by atoms with Gasteiger partial charge in [0, 0.05) is 11.2 Å². The highest BCUT2D eigenvalue weighted by Gasteiger charge is 2.24. The van der Waals surface area contributed by atoms with E-state index < -0.39 is 0 Å². The van der Waals surface area contributed by atoms with Gasteiger partial charge in [0.2, 0.25) is 0 Å². The summed E-state index contributed by atoms with van der Waals surface area (Å²) in [6.45, 7) is 5.02. The zero-order valence-corrected chi connectivity index (χ0v) is 15.1. The SMILES string of the molecule is CCCCC(NN=O)C(C)COC1CCC(c2ccccc2)CC1. The highest BCUT2D eigenvalue weighted by atomic mass is 16.5. The van der Waals surface area contributed by atoms with Gasteiger partial charge in [0.1, 0.15) is 0 Å². The first-order chi connectivity index (χ1) is 11.7. The Labute approximate surface area is 146 Å². The summed E-state index contributed by atoms with van der Waals surface area (Å²) in [5.74, 6) is 0.989. The molecule has 1 aromatic rings. The van der Waals surface area contributed by atoms with E-state index in [0.29, 0.717) is 24.5 Å². The molecule has 2 unspecified atom stereocenters. The van der Waals surface area contributed by atoms with E-state index in [4.69, 9.17) is 4.74 Å². The predicted molar refractivity (Wildman–Crippen MR) is 98.8 cm³/mol. The fourth-order valence-corrected chi connectivity index (χ4v) is 3.66. The van der Waals surface area contributed by atoms with Crippen LogP contribution in [0.5, 0.6) is 0 Å². The molecule has 24 heavy (non-hydrogen) atoms. The molecule has 0 spiro atoms. The minimum Gasteiger partial charge on any atom is -0.378 e. The molecule has 0 bridgehead atoms. The van der Waals surface area contributed by atoms with Crippen molar-refractivity contribution in [1.29, 1.82) is 0 Å². The van der Waals surface area contributed by atoms with E-state index in [0.717, 1.165) is 32.1 Å². The highest BCUT2D eigenvalue weighted by Crippen LogP contribution is 2.34. The van der Waals surface area contributed by atoms with Crippen LogP contribution >= 0.6 is 0 Å². The molecule has 0 radical (unpaired) electrons. The molecule has 1 aliphatic rings. The molecule has 4 nitrogen and oxygen atoms in total. The minimum atomic E-state index is 0.128. The molecule has 0 aliphatic heterocycles. The van der Waals surface area contributed by atoms with E-state index >= 15 is 0 Å². The molecule has 1 fully saturated rings. The summed E-state index contributed by atoms with van der Waals surface area (Å²) >= 11 is 0. The molecule has 0 aromatic heterocycles. The summed E-state index contributed by atoms with van der Waals surface area (Å²) in [7, 11) is 0. The highest BCUT2D eigenvalue weighted by molar-refractivity contribution is 5.19. The number of ether oxygens (including phenoxy) is 1. The Bertz CT molecular complexity index is 458. The zero-order chi connectivity index (χ0) is 17.2. The standard InChI is InChI=1S/C20H32N2O2/c1-3-4-10-20(21-22-23)16(2)15-24-19-13-11-18(12-14-19)17-8-6-5-7-9-17/h5-9,16,18-20H,3-4,10-15H2,1-2H3,(H,21,23). The Hall–Kier alpha value is -1.42. The lowest BCUT2D eigenvalue weighted by Gasteiger charge is -2.30. The summed E-state index contributed by atoms with van der Waals surface area (Å²) in [5, 5.41) is 2.89. The summed E-state index contributed by atoms with van der Waals surface area (Å²) in [6.07, 6.45) is 8.26. The lowest BCUT2D eigenvalue weighted by molar-refractivity contribution is 0.000604. The Morgan fingerprint density at radius 2 is 1.92 bits per heavy atom. The Kier molecular flexibility index (Phi) is 8.23.